The molecule has 0 amide bonds. The fraction of sp³-hybridized carbons (Fsp3) is 0.0545. The van der Waals surface area contributed by atoms with Crippen LogP contribution in [0.15, 0.2) is 197 Å². The topological polar surface area (TPSA) is 29.5 Å². The molecule has 3 heteroatoms. The highest BCUT2D eigenvalue weighted by Crippen LogP contribution is 2.52. The van der Waals surface area contributed by atoms with E-state index >= 15 is 0 Å². The number of benzene rings is 9. The number of rotatable bonds is 5. The predicted molar refractivity (Wildman–Crippen MR) is 242 cm³/mol. The van der Waals surface area contributed by atoms with Gasteiger partial charge < -0.3 is 13.7 Å². The van der Waals surface area contributed by atoms with Crippen LogP contribution in [0, 0.1) is 0 Å². The second-order valence-electron chi connectivity index (χ2n) is 16.0. The van der Waals surface area contributed by atoms with E-state index in [1.807, 2.05) is 12.1 Å². The van der Waals surface area contributed by atoms with E-state index in [1.54, 1.807) is 0 Å². The van der Waals surface area contributed by atoms with Crippen LogP contribution in [0.5, 0.6) is 0 Å². The molecule has 0 unspecified atom stereocenters. The Balaban J connectivity index is 1.13. The molecule has 12 rings (SSSR count). The van der Waals surface area contributed by atoms with Crippen LogP contribution >= 0.6 is 0 Å². The van der Waals surface area contributed by atoms with Crippen LogP contribution < -0.4 is 4.90 Å². The van der Waals surface area contributed by atoms with Crippen molar-refractivity contribution in [1.29, 1.82) is 0 Å². The summed E-state index contributed by atoms with van der Waals surface area (Å²) < 4.78 is 13.7. The lowest BCUT2D eigenvalue weighted by molar-refractivity contribution is 0.660. The molecule has 2 aromatic heterocycles. The van der Waals surface area contributed by atoms with Crippen molar-refractivity contribution < 1.29 is 8.83 Å². The SMILES string of the molecule is CC1(C)c2ccccc2-c2ccc(N(c3ccc(-c4ccccc4)cc3)c3cccc4c3oc3c(-c5cccc6oc7ccccc7c56)cc5ccccc5c34)cc21. The number of nitrogens with zero attached hydrogens (tertiary/aromatic N) is 1. The van der Waals surface area contributed by atoms with Crippen molar-refractivity contribution in [3.05, 3.63) is 199 Å². The van der Waals surface area contributed by atoms with Crippen LogP contribution in [0.1, 0.15) is 25.0 Å². The quantitative estimate of drug-likeness (QED) is 0.176. The standard InChI is InChI=1S/C55H37NO2/c1-55(2)46-22-10-8-18-40(46)41-31-30-38(33-47(41)55)56(37-28-26-35(27-29-37)34-14-4-3-5-15-34)48-23-12-21-44-52-39-17-7-6-16-36(39)32-45(54(52)58-53(44)48)42-20-13-25-50-51(42)43-19-9-11-24-49(43)57-50/h3-33H,1-2H3. The van der Waals surface area contributed by atoms with E-state index in [9.17, 15) is 0 Å². The molecule has 0 spiro atoms. The number of hydrogen-bond acceptors (Lipinski definition) is 3. The van der Waals surface area contributed by atoms with Gasteiger partial charge in [0.15, 0.2) is 5.58 Å². The molecule has 0 atom stereocenters. The van der Waals surface area contributed by atoms with Crippen molar-refractivity contribution in [1.82, 2.24) is 0 Å². The Bertz CT molecular complexity index is 3420. The van der Waals surface area contributed by atoms with Gasteiger partial charge in [-0.3, -0.25) is 0 Å². The second kappa shape index (κ2) is 12.3. The number of para-hydroxylation sites is 2. The molecule has 0 fully saturated rings. The van der Waals surface area contributed by atoms with E-state index in [2.05, 4.69) is 195 Å². The number of furan rings is 2. The highest BCUT2D eigenvalue weighted by Gasteiger charge is 2.36. The largest absolute Gasteiger partial charge is 0.456 e. The molecule has 11 aromatic rings. The molecule has 0 saturated carbocycles. The zero-order chi connectivity index (χ0) is 38.5. The first-order valence-electron chi connectivity index (χ1n) is 20.0. The van der Waals surface area contributed by atoms with Crippen LogP contribution in [0.3, 0.4) is 0 Å². The molecule has 274 valence electrons. The number of hydrogen-bond donors (Lipinski definition) is 0. The van der Waals surface area contributed by atoms with E-state index in [4.69, 9.17) is 8.83 Å². The van der Waals surface area contributed by atoms with Gasteiger partial charge in [-0.25, -0.2) is 0 Å². The van der Waals surface area contributed by atoms with Crippen LogP contribution in [0.4, 0.5) is 17.1 Å². The van der Waals surface area contributed by atoms with Crippen LogP contribution in [-0.2, 0) is 5.41 Å². The first-order chi connectivity index (χ1) is 28.5. The molecule has 0 aliphatic heterocycles. The van der Waals surface area contributed by atoms with Crippen LogP contribution in [-0.4, -0.2) is 0 Å². The Kier molecular flexibility index (Phi) is 6.98. The summed E-state index contributed by atoms with van der Waals surface area (Å²) in [6.45, 7) is 4.69. The number of anilines is 3. The van der Waals surface area contributed by atoms with Gasteiger partial charge in [-0.2, -0.15) is 0 Å². The van der Waals surface area contributed by atoms with E-state index in [0.717, 1.165) is 82.8 Å². The van der Waals surface area contributed by atoms with Crippen LogP contribution in [0.2, 0.25) is 0 Å². The molecular formula is C55H37NO2. The lowest BCUT2D eigenvalue weighted by Gasteiger charge is -2.28. The Morgan fingerprint density at radius 2 is 1.05 bits per heavy atom. The molecule has 0 saturated heterocycles. The highest BCUT2D eigenvalue weighted by atomic mass is 16.3. The molecule has 1 aliphatic carbocycles. The maximum Gasteiger partial charge on any atom is 0.159 e. The van der Waals surface area contributed by atoms with Gasteiger partial charge in [0.1, 0.15) is 16.7 Å². The van der Waals surface area contributed by atoms with Gasteiger partial charge in [-0.05, 0) is 98.2 Å². The monoisotopic (exact) mass is 743 g/mol. The molecule has 2 heterocycles. The predicted octanol–water partition coefficient (Wildman–Crippen LogP) is 15.7. The summed E-state index contributed by atoms with van der Waals surface area (Å²) in [5, 5.41) is 6.71. The first-order valence-corrected chi connectivity index (χ1v) is 20.0. The fourth-order valence-corrected chi connectivity index (χ4v) is 9.70. The van der Waals surface area contributed by atoms with Crippen molar-refractivity contribution in [3.63, 3.8) is 0 Å². The van der Waals surface area contributed by atoms with E-state index in [-0.39, 0.29) is 5.41 Å². The Labute approximate surface area is 336 Å². The Morgan fingerprint density at radius 1 is 0.397 bits per heavy atom. The maximum absolute atomic E-state index is 7.34. The summed E-state index contributed by atoms with van der Waals surface area (Å²) in [7, 11) is 0. The van der Waals surface area contributed by atoms with Gasteiger partial charge in [-0.15, -0.1) is 0 Å². The molecular weight excluding hydrogens is 707 g/mol. The zero-order valence-electron chi connectivity index (χ0n) is 32.2. The molecule has 3 nitrogen and oxygen atoms in total. The molecule has 58 heavy (non-hydrogen) atoms. The third-order valence-electron chi connectivity index (χ3n) is 12.5. The summed E-state index contributed by atoms with van der Waals surface area (Å²) >= 11 is 0. The molecule has 1 aliphatic rings. The average Bonchev–Trinajstić information content (AvgIpc) is 3.93. The minimum Gasteiger partial charge on any atom is -0.456 e. The third-order valence-corrected chi connectivity index (χ3v) is 12.5. The average molecular weight is 744 g/mol. The van der Waals surface area contributed by atoms with Gasteiger partial charge >= 0.3 is 0 Å². The fourth-order valence-electron chi connectivity index (χ4n) is 9.70. The highest BCUT2D eigenvalue weighted by molar-refractivity contribution is 6.26. The lowest BCUT2D eigenvalue weighted by atomic mass is 9.82. The van der Waals surface area contributed by atoms with Crippen molar-refractivity contribution in [2.24, 2.45) is 0 Å². The van der Waals surface area contributed by atoms with Gasteiger partial charge in [0.2, 0.25) is 0 Å². The van der Waals surface area contributed by atoms with Crippen molar-refractivity contribution in [2.75, 3.05) is 4.90 Å². The maximum atomic E-state index is 7.34. The molecule has 0 bridgehead atoms. The summed E-state index contributed by atoms with van der Waals surface area (Å²) in [5.74, 6) is 0. The first kappa shape index (κ1) is 32.8. The Morgan fingerprint density at radius 3 is 1.93 bits per heavy atom. The van der Waals surface area contributed by atoms with E-state index < -0.39 is 0 Å². The normalized spacial score (nSPS) is 13.1. The minimum atomic E-state index is -0.151. The smallest absolute Gasteiger partial charge is 0.159 e. The number of fused-ring (bicyclic) bond motifs is 11. The van der Waals surface area contributed by atoms with Crippen molar-refractivity contribution in [3.8, 4) is 33.4 Å². The third kappa shape index (κ3) is 4.74. The summed E-state index contributed by atoms with van der Waals surface area (Å²) in [4.78, 5) is 2.38. The van der Waals surface area contributed by atoms with Gasteiger partial charge in [0.25, 0.3) is 0 Å². The van der Waals surface area contributed by atoms with Gasteiger partial charge in [-0.1, -0.05) is 153 Å². The van der Waals surface area contributed by atoms with Gasteiger partial charge in [0, 0.05) is 43.9 Å². The molecule has 9 aromatic carbocycles. The minimum absolute atomic E-state index is 0.151. The van der Waals surface area contributed by atoms with Crippen molar-refractivity contribution in [2.45, 2.75) is 19.3 Å². The molecule has 0 N–H and O–H groups in total. The molecule has 0 radical (unpaired) electrons. The van der Waals surface area contributed by atoms with Gasteiger partial charge in [0.05, 0.1) is 5.69 Å². The van der Waals surface area contributed by atoms with E-state index in [1.165, 1.54) is 33.4 Å². The van der Waals surface area contributed by atoms with Crippen LogP contribution in [0.25, 0.3) is 88.0 Å². The van der Waals surface area contributed by atoms with E-state index in [0.29, 0.717) is 0 Å². The second-order valence-corrected chi connectivity index (χ2v) is 16.0. The summed E-state index contributed by atoms with van der Waals surface area (Å²) in [5.41, 5.74) is 16.2. The Hall–Kier alpha value is -7.36. The van der Waals surface area contributed by atoms with Crippen molar-refractivity contribution >= 4 is 71.7 Å². The summed E-state index contributed by atoms with van der Waals surface area (Å²) in [6.07, 6.45) is 0. The lowest BCUT2D eigenvalue weighted by Crippen LogP contribution is -2.16. The zero-order valence-corrected chi connectivity index (χ0v) is 32.2. The summed E-state index contributed by atoms with van der Waals surface area (Å²) in [6, 6.07) is 67.5.